The molecule has 3 heterocycles. The quantitative estimate of drug-likeness (QED) is 0.00886. The molecule has 8 aromatic carbocycles. The largest absolute Gasteiger partial charge is 0.506 e. The highest BCUT2D eigenvalue weighted by Crippen LogP contribution is 2.43. The fraction of sp³-hybridized carbons (Fsp3) is 0.400. The second kappa shape index (κ2) is 53.7. The molecular formula is C95H98I16N3O20+3. The number of halogens is 16. The third kappa shape index (κ3) is 31.8. The number of ether oxygens (including phenoxy) is 9. The van der Waals surface area contributed by atoms with Crippen LogP contribution >= 0.6 is 361 Å². The monoisotopic (exact) mass is 3630 g/mol. The van der Waals surface area contributed by atoms with Crippen LogP contribution in [0.5, 0.6) is 23.0 Å². The molecule has 0 bridgehead atoms. The zero-order valence-electron chi connectivity index (χ0n) is 73.9. The molecule has 8 N–H and O–H groups in total. The van der Waals surface area contributed by atoms with E-state index in [1.165, 1.54) is 12.1 Å². The van der Waals surface area contributed by atoms with Crippen LogP contribution in [0.2, 0.25) is 0 Å². The van der Waals surface area contributed by atoms with Crippen molar-refractivity contribution in [1.29, 1.82) is 0 Å². The molecule has 0 unspecified atom stereocenters. The molecule has 3 aliphatic rings. The van der Waals surface area contributed by atoms with E-state index in [0.717, 1.165) is 139 Å². The van der Waals surface area contributed by atoms with Crippen LogP contribution in [0.3, 0.4) is 0 Å². The van der Waals surface area contributed by atoms with Crippen LogP contribution in [0, 0.1) is 85.7 Å². The van der Waals surface area contributed by atoms with E-state index in [4.69, 9.17) is 42.6 Å². The summed E-state index contributed by atoms with van der Waals surface area (Å²) in [5.74, 6) is -3.84. The Labute approximate surface area is 999 Å². The van der Waals surface area contributed by atoms with Gasteiger partial charge in [0.2, 0.25) is 0 Å². The molecule has 134 heavy (non-hydrogen) atoms. The minimum absolute atomic E-state index is 0.0335. The molecule has 8 aromatic rings. The topological polar surface area (TPSA) is 327 Å². The second-order valence-electron chi connectivity index (χ2n) is 34.2. The summed E-state index contributed by atoms with van der Waals surface area (Å²) in [4.78, 5) is 120. The lowest BCUT2D eigenvalue weighted by atomic mass is 9.73. The van der Waals surface area contributed by atoms with E-state index in [1.54, 1.807) is 55.5 Å². The standard InChI is InChI=1S/C39H35I6NO6.C28H29I6NO6.C28H31I4NO8/c1-38(2,22-17-20-46-21-18-22)52-31(47)16-19-39(3,23-4-8-25(9-5-23)50-36(48)32-27(40)12-14-29(42)34(32)44)24-6-10-26(11-7-24)51-37(49)33-28(41)13-15-30(43)35(33)45;1-4-28(26(38)41-27(2,3)15-5-7-35-8-6-15,13-39-24(36)18-9-16(29)11-20(31)22(18)33)14-40-25(37)19-10-17(30)12-21(32)23(19)34;1-4-28(26(38)41-27(2,3)15-5-7-33-8-6-15,13-39-24(36)18-9-16(29)11-20(31)22(18)34)14-40-25(37)19-10-17(30)12-21(32)23(19)35/h4-15,22,46H,16-21H2,1-3H3;9-12,15,35H,4-8,13-14H2,1-3H3;9-12,15,33-35H,4-8,13-14H2,1-3H3/p+3. The third-order valence-electron chi connectivity index (χ3n) is 24.1. The molecule has 0 radical (unpaired) electrons. The Kier molecular flexibility index (Phi) is 47.1. The van der Waals surface area contributed by atoms with Gasteiger partial charge in [0.1, 0.15) is 88.2 Å². The normalized spacial score (nSPS) is 14.2. The number of phenols is 2. The first kappa shape index (κ1) is 118. The second-order valence-corrected chi connectivity index (χ2v) is 52.8. The van der Waals surface area contributed by atoms with Crippen LogP contribution in [0.15, 0.2) is 121 Å². The van der Waals surface area contributed by atoms with E-state index >= 15 is 0 Å². The van der Waals surface area contributed by atoms with Crippen molar-refractivity contribution in [3.8, 4) is 23.0 Å². The van der Waals surface area contributed by atoms with Gasteiger partial charge in [0.25, 0.3) is 0 Å². The van der Waals surface area contributed by atoms with Crippen LogP contribution < -0.4 is 25.4 Å². The van der Waals surface area contributed by atoms with Gasteiger partial charge in [-0.15, -0.1) is 0 Å². The van der Waals surface area contributed by atoms with Crippen molar-refractivity contribution < 1.29 is 112 Å². The zero-order valence-corrected chi connectivity index (χ0v) is 108. The van der Waals surface area contributed by atoms with Crippen LogP contribution in [0.25, 0.3) is 0 Å². The number of hydrogen-bond acceptors (Lipinski definition) is 20. The van der Waals surface area contributed by atoms with Gasteiger partial charge < -0.3 is 68.8 Å². The van der Waals surface area contributed by atoms with Crippen LogP contribution in [-0.4, -0.2) is 146 Å². The summed E-state index contributed by atoms with van der Waals surface area (Å²) in [5.41, 5.74) is -1.84. The van der Waals surface area contributed by atoms with Gasteiger partial charge in [-0.3, -0.25) is 14.4 Å². The van der Waals surface area contributed by atoms with Crippen LogP contribution in [0.1, 0.15) is 200 Å². The highest BCUT2D eigenvalue weighted by Gasteiger charge is 2.49. The maximum absolute atomic E-state index is 14.0. The number of piperidine rings is 3. The Morgan fingerprint density at radius 2 is 0.612 bits per heavy atom. The van der Waals surface area contributed by atoms with Crippen molar-refractivity contribution in [2.24, 2.45) is 28.6 Å². The Bertz CT molecular complexity index is 5190. The molecule has 23 nitrogen and oxygen atoms in total. The lowest BCUT2D eigenvalue weighted by Crippen LogP contribution is -2.86. The Morgan fingerprint density at radius 1 is 0.336 bits per heavy atom. The highest BCUT2D eigenvalue weighted by atomic mass is 127. The van der Waals surface area contributed by atoms with E-state index in [1.807, 2.05) is 199 Å². The van der Waals surface area contributed by atoms with Crippen molar-refractivity contribution in [1.82, 2.24) is 0 Å². The number of benzene rings is 8. The van der Waals surface area contributed by atoms with Crippen molar-refractivity contribution in [2.75, 3.05) is 65.7 Å². The number of nitrogens with two attached hydrogens (primary N) is 3. The molecule has 39 heteroatoms. The van der Waals surface area contributed by atoms with Gasteiger partial charge in [0.05, 0.1) is 68.7 Å². The van der Waals surface area contributed by atoms with Gasteiger partial charge >= 0.3 is 53.7 Å². The number of quaternary nitrogens is 3. The number of rotatable bonds is 31. The molecule has 0 aromatic heterocycles. The van der Waals surface area contributed by atoms with Crippen molar-refractivity contribution in [3.05, 3.63) is 223 Å². The first-order valence-electron chi connectivity index (χ1n) is 42.4. The number of phenolic OH excluding ortho intramolecular Hbond substituents is 2. The summed E-state index contributed by atoms with van der Waals surface area (Å²) in [6.07, 6.45) is 6.76. The van der Waals surface area contributed by atoms with Crippen LogP contribution in [-0.2, 0) is 53.0 Å². The molecule has 722 valence electrons. The van der Waals surface area contributed by atoms with Gasteiger partial charge in [-0.25, -0.2) is 28.8 Å². The summed E-state index contributed by atoms with van der Waals surface area (Å²) < 4.78 is 65.9. The minimum Gasteiger partial charge on any atom is -0.506 e. The number of aromatic hydroxyl groups is 2. The first-order chi connectivity index (χ1) is 63.0. The fourth-order valence-corrected chi connectivity index (χ4v) is 28.6. The van der Waals surface area contributed by atoms with Crippen molar-refractivity contribution >= 4 is 415 Å². The molecule has 0 atom stereocenters. The van der Waals surface area contributed by atoms with Gasteiger partial charge in [-0.2, -0.15) is 0 Å². The summed E-state index contributed by atoms with van der Waals surface area (Å²) in [6, 6.07) is 36.6. The maximum atomic E-state index is 14.0. The van der Waals surface area contributed by atoms with E-state index < -0.39 is 94.0 Å². The molecule has 11 rings (SSSR count). The number of hydrogen-bond donors (Lipinski definition) is 5. The molecular weight excluding hydrogens is 3530 g/mol. The predicted octanol–water partition coefficient (Wildman–Crippen LogP) is 22.4. The third-order valence-corrected chi connectivity index (χ3v) is 42.3. The lowest BCUT2D eigenvalue weighted by Gasteiger charge is -2.39. The van der Waals surface area contributed by atoms with Gasteiger partial charge in [-0.05, 0) is 530 Å². The van der Waals surface area contributed by atoms with Gasteiger partial charge in [-0.1, -0.05) is 45.0 Å². The Morgan fingerprint density at radius 3 is 0.918 bits per heavy atom. The molecule has 3 saturated heterocycles. The first-order valence-corrected chi connectivity index (χ1v) is 59.7. The molecule has 3 fully saturated rings. The number of esters is 9. The zero-order chi connectivity index (χ0) is 98.9. The predicted molar refractivity (Wildman–Crippen MR) is 644 cm³/mol. The minimum atomic E-state index is -1.53. The number of carbonyl (C=O) groups is 9. The Balaban J connectivity index is 0.000000228. The summed E-state index contributed by atoms with van der Waals surface area (Å²) in [6.45, 7) is 21.8. The van der Waals surface area contributed by atoms with Gasteiger partial charge in [0.15, 0.2) is 0 Å². The molecule has 0 spiro atoms. The van der Waals surface area contributed by atoms with Crippen molar-refractivity contribution in [2.45, 2.75) is 149 Å². The van der Waals surface area contributed by atoms with Crippen LogP contribution in [0.4, 0.5) is 0 Å². The maximum Gasteiger partial charge on any atom is 0.345 e. The fourth-order valence-electron chi connectivity index (χ4n) is 15.5. The van der Waals surface area contributed by atoms with E-state index in [9.17, 15) is 53.4 Å². The van der Waals surface area contributed by atoms with E-state index in [2.05, 4.69) is 294 Å². The average Bonchev–Trinajstić information content (AvgIpc) is 0.788. The molecule has 3 aliphatic heterocycles. The summed E-state index contributed by atoms with van der Waals surface area (Å²) in [5, 5.41) is 27.7. The number of carbonyl (C=O) groups excluding carboxylic acids is 9. The molecule has 0 saturated carbocycles. The molecule has 0 amide bonds. The summed E-state index contributed by atoms with van der Waals surface area (Å²) in [7, 11) is 0. The smallest absolute Gasteiger partial charge is 0.345 e. The van der Waals surface area contributed by atoms with E-state index in [-0.39, 0.29) is 72.9 Å². The average molecular weight is 3630 g/mol. The molecule has 0 aliphatic carbocycles. The lowest BCUT2D eigenvalue weighted by molar-refractivity contribution is -0.666. The Hall–Kier alpha value is 0.150. The van der Waals surface area contributed by atoms with E-state index in [0.29, 0.717) is 53.2 Å². The van der Waals surface area contributed by atoms with Crippen molar-refractivity contribution in [3.63, 3.8) is 0 Å². The van der Waals surface area contributed by atoms with Gasteiger partial charge in [0, 0.05) is 118 Å². The summed E-state index contributed by atoms with van der Waals surface area (Å²) >= 11 is 34.0. The highest BCUT2D eigenvalue weighted by molar-refractivity contribution is 14.1. The SMILES string of the molecule is CC(CCC(=O)OC(C)(C)C1CC[NH2+]CC1)(c1ccc(OC(=O)c2c(I)ccc(I)c2I)cc1)c1ccc(OC(=O)c2c(I)ccc(I)c2I)cc1.CCC(COC(=O)c1cc(I)cc(I)c1I)(COC(=O)c1cc(I)cc(I)c1I)C(=O)OC(C)(C)C1CC[NH2+]CC1.CCC(COC(=O)c1cc(I)cc(I)c1O)(COC(=O)c1cc(I)cc(I)c1O)C(=O)OC(C)(C)C1CC[NH2+]CC1.